The molecule has 1 aromatic heterocycles. The van der Waals surface area contributed by atoms with Gasteiger partial charge in [-0.3, -0.25) is 0 Å². The van der Waals surface area contributed by atoms with Gasteiger partial charge in [-0.2, -0.15) is 0 Å². The number of halogens is 1. The number of hydrogen-bond donors (Lipinski definition) is 1. The minimum Gasteiger partial charge on any atom is -0.372 e. The quantitative estimate of drug-likeness (QED) is 0.902. The average molecular weight is 342 g/mol. The normalized spacial score (nSPS) is 26.6. The summed E-state index contributed by atoms with van der Waals surface area (Å²) in [7, 11) is 3.67. The summed E-state index contributed by atoms with van der Waals surface area (Å²) in [6.45, 7) is 4.41. The molecule has 1 aliphatic rings. The van der Waals surface area contributed by atoms with E-state index in [-0.39, 0.29) is 5.60 Å². The van der Waals surface area contributed by atoms with Crippen molar-refractivity contribution in [1.29, 1.82) is 0 Å². The van der Waals surface area contributed by atoms with E-state index >= 15 is 0 Å². The summed E-state index contributed by atoms with van der Waals surface area (Å²) in [6, 6.07) is 0. The van der Waals surface area contributed by atoms with E-state index in [1.165, 1.54) is 12.8 Å². The van der Waals surface area contributed by atoms with Crippen LogP contribution in [0.25, 0.3) is 0 Å². The second kappa shape index (κ2) is 6.39. The van der Waals surface area contributed by atoms with Crippen LogP contribution in [0.15, 0.2) is 4.47 Å². The maximum absolute atomic E-state index is 5.88. The van der Waals surface area contributed by atoms with E-state index in [9.17, 15) is 0 Å². The van der Waals surface area contributed by atoms with E-state index < -0.39 is 0 Å². The second-order valence-corrected chi connectivity index (χ2v) is 6.43. The zero-order chi connectivity index (χ0) is 14.8. The van der Waals surface area contributed by atoms with Crippen LogP contribution in [-0.4, -0.2) is 24.1 Å². The van der Waals surface area contributed by atoms with E-state index in [4.69, 9.17) is 14.7 Å². The van der Waals surface area contributed by atoms with Crippen molar-refractivity contribution in [3.8, 4) is 0 Å². The molecule has 0 saturated heterocycles. The van der Waals surface area contributed by atoms with Gasteiger partial charge >= 0.3 is 0 Å². The highest BCUT2D eigenvalue weighted by molar-refractivity contribution is 9.10. The van der Waals surface area contributed by atoms with E-state index in [1.807, 2.05) is 7.05 Å². The Morgan fingerprint density at radius 1 is 1.35 bits per heavy atom. The van der Waals surface area contributed by atoms with Crippen LogP contribution in [0.1, 0.15) is 51.0 Å². The Bertz CT molecular complexity index is 445. The molecular formula is C15H24BrN3O. The van der Waals surface area contributed by atoms with Crippen molar-refractivity contribution in [3.63, 3.8) is 0 Å². The molecule has 0 aromatic carbocycles. The van der Waals surface area contributed by atoms with Crippen LogP contribution in [-0.2, 0) is 16.8 Å². The largest absolute Gasteiger partial charge is 0.372 e. The molecule has 112 valence electrons. The van der Waals surface area contributed by atoms with Crippen molar-refractivity contribution in [3.05, 3.63) is 16.0 Å². The molecule has 5 heteroatoms. The third-order valence-electron chi connectivity index (χ3n) is 4.37. The van der Waals surface area contributed by atoms with Crippen molar-refractivity contribution < 1.29 is 4.74 Å². The zero-order valence-corrected chi connectivity index (χ0v) is 14.4. The first-order chi connectivity index (χ1) is 9.56. The molecule has 0 amide bonds. The van der Waals surface area contributed by atoms with Crippen LogP contribution in [0.5, 0.6) is 0 Å². The molecule has 0 radical (unpaired) electrons. The fourth-order valence-electron chi connectivity index (χ4n) is 2.84. The Hall–Kier alpha value is -0.680. The van der Waals surface area contributed by atoms with Crippen LogP contribution < -0.4 is 5.32 Å². The first-order valence-corrected chi connectivity index (χ1v) is 8.15. The number of anilines is 1. The highest BCUT2D eigenvalue weighted by Crippen LogP contribution is 2.41. The molecule has 0 aliphatic heterocycles. The summed E-state index contributed by atoms with van der Waals surface area (Å²) in [6.07, 6.45) is 5.21. The van der Waals surface area contributed by atoms with E-state index in [0.717, 1.165) is 47.0 Å². The second-order valence-electron chi connectivity index (χ2n) is 5.64. The number of aryl methyl sites for hydroxylation is 1. The molecule has 0 spiro atoms. The maximum atomic E-state index is 5.88. The fourth-order valence-corrected chi connectivity index (χ4v) is 3.50. The van der Waals surface area contributed by atoms with Gasteiger partial charge in [0.05, 0.1) is 10.2 Å². The topological polar surface area (TPSA) is 47.0 Å². The van der Waals surface area contributed by atoms with Crippen LogP contribution in [0, 0.1) is 5.92 Å². The van der Waals surface area contributed by atoms with Crippen LogP contribution in [0.3, 0.4) is 0 Å². The summed E-state index contributed by atoms with van der Waals surface area (Å²) in [5.41, 5.74) is 0.720. The smallest absolute Gasteiger partial charge is 0.162 e. The van der Waals surface area contributed by atoms with Gasteiger partial charge in [-0.25, -0.2) is 9.97 Å². The van der Waals surface area contributed by atoms with Crippen LogP contribution in [0.2, 0.25) is 0 Å². The summed E-state index contributed by atoms with van der Waals surface area (Å²) in [5, 5.41) is 3.15. The van der Waals surface area contributed by atoms with E-state index in [1.54, 1.807) is 7.11 Å². The lowest BCUT2D eigenvalue weighted by Crippen LogP contribution is -2.35. The summed E-state index contributed by atoms with van der Waals surface area (Å²) >= 11 is 3.58. The van der Waals surface area contributed by atoms with Crippen LogP contribution in [0.4, 0.5) is 5.82 Å². The lowest BCUT2D eigenvalue weighted by molar-refractivity contribution is -0.0598. The average Bonchev–Trinajstić information content (AvgIpc) is 2.49. The number of rotatable bonds is 4. The van der Waals surface area contributed by atoms with Crippen molar-refractivity contribution in [2.24, 2.45) is 5.92 Å². The molecule has 1 fully saturated rings. The number of ether oxygens (including phenoxy) is 1. The van der Waals surface area contributed by atoms with E-state index in [0.29, 0.717) is 0 Å². The van der Waals surface area contributed by atoms with Gasteiger partial charge in [0.25, 0.3) is 0 Å². The Labute approximate surface area is 129 Å². The number of nitrogens with one attached hydrogen (secondary N) is 1. The summed E-state index contributed by atoms with van der Waals surface area (Å²) in [5.74, 6) is 2.45. The Kier molecular flexibility index (Phi) is 5.02. The monoisotopic (exact) mass is 341 g/mol. The van der Waals surface area contributed by atoms with Crippen molar-refractivity contribution >= 4 is 21.7 Å². The Morgan fingerprint density at radius 3 is 2.50 bits per heavy atom. The minimum atomic E-state index is -0.317. The first-order valence-electron chi connectivity index (χ1n) is 7.36. The molecule has 1 aromatic rings. The Balaban J connectivity index is 2.44. The zero-order valence-electron chi connectivity index (χ0n) is 12.8. The third kappa shape index (κ3) is 2.84. The number of nitrogens with zero attached hydrogens (tertiary/aromatic N) is 2. The molecule has 0 bridgehead atoms. The predicted octanol–water partition coefficient (Wildman–Crippen LogP) is 3.90. The minimum absolute atomic E-state index is 0.317. The van der Waals surface area contributed by atoms with Crippen molar-refractivity contribution in [2.75, 3.05) is 19.5 Å². The number of aromatic nitrogens is 2. The number of methoxy groups -OCH3 is 1. The van der Waals surface area contributed by atoms with Gasteiger partial charge < -0.3 is 10.1 Å². The molecule has 4 nitrogen and oxygen atoms in total. The predicted molar refractivity (Wildman–Crippen MR) is 85.0 cm³/mol. The molecule has 2 rings (SSSR count). The molecule has 1 N–H and O–H groups in total. The summed E-state index contributed by atoms with van der Waals surface area (Å²) < 4.78 is 6.84. The van der Waals surface area contributed by atoms with Gasteiger partial charge in [0.2, 0.25) is 0 Å². The van der Waals surface area contributed by atoms with Crippen molar-refractivity contribution in [1.82, 2.24) is 9.97 Å². The van der Waals surface area contributed by atoms with Gasteiger partial charge in [0.1, 0.15) is 11.4 Å². The maximum Gasteiger partial charge on any atom is 0.162 e. The van der Waals surface area contributed by atoms with Gasteiger partial charge in [-0.15, -0.1) is 0 Å². The molecule has 0 unspecified atom stereocenters. The van der Waals surface area contributed by atoms with E-state index in [2.05, 4.69) is 35.1 Å². The third-order valence-corrected chi connectivity index (χ3v) is 5.20. The van der Waals surface area contributed by atoms with Gasteiger partial charge in [-0.1, -0.05) is 13.8 Å². The van der Waals surface area contributed by atoms with Crippen molar-refractivity contribution in [2.45, 2.75) is 51.6 Å². The molecule has 0 atom stereocenters. The van der Waals surface area contributed by atoms with Gasteiger partial charge in [0.15, 0.2) is 5.82 Å². The highest BCUT2D eigenvalue weighted by Gasteiger charge is 2.39. The summed E-state index contributed by atoms with van der Waals surface area (Å²) in [4.78, 5) is 9.47. The molecule has 1 aliphatic carbocycles. The standard InChI is InChI=1S/C15H24BrN3O/c1-5-11-12(16)13(17-3)19-14(18-11)15(20-4)8-6-10(2)7-9-15/h10H,5-9H2,1-4H3,(H,17,18,19). The molecular weight excluding hydrogens is 318 g/mol. The lowest BCUT2D eigenvalue weighted by atomic mass is 9.79. The van der Waals surface area contributed by atoms with Gasteiger partial charge in [0, 0.05) is 14.2 Å². The highest BCUT2D eigenvalue weighted by atomic mass is 79.9. The van der Waals surface area contributed by atoms with Crippen LogP contribution >= 0.6 is 15.9 Å². The Morgan fingerprint density at radius 2 is 2.00 bits per heavy atom. The molecule has 1 saturated carbocycles. The number of hydrogen-bond acceptors (Lipinski definition) is 4. The lowest BCUT2D eigenvalue weighted by Gasteiger charge is -2.37. The molecule has 1 heterocycles. The van der Waals surface area contributed by atoms with Gasteiger partial charge in [-0.05, 0) is 54.0 Å². The first kappa shape index (κ1) is 15.7. The SMILES string of the molecule is CCc1nc(C2(OC)CCC(C)CC2)nc(NC)c1Br. The molecule has 20 heavy (non-hydrogen) atoms. The fraction of sp³-hybridized carbons (Fsp3) is 0.733.